The molecule has 0 spiro atoms. The fraction of sp³-hybridized carbons (Fsp3) is 0.429. The highest BCUT2D eigenvalue weighted by Gasteiger charge is 2.26. The molecule has 0 aliphatic carbocycles. The third kappa shape index (κ3) is 3.05. The van der Waals surface area contributed by atoms with Crippen molar-refractivity contribution in [3.63, 3.8) is 0 Å². The molecule has 1 aliphatic heterocycles. The van der Waals surface area contributed by atoms with Crippen molar-refractivity contribution in [3.8, 4) is 11.5 Å². The summed E-state index contributed by atoms with van der Waals surface area (Å²) in [6.45, 7) is 5.55. The van der Waals surface area contributed by atoms with E-state index >= 15 is 0 Å². The molecular weight excluding hydrogens is 246 g/mol. The van der Waals surface area contributed by atoms with Gasteiger partial charge in [-0.05, 0) is 30.5 Å². The molecule has 1 aromatic rings. The normalized spacial score (nSPS) is 15.8. The standard InChI is InChI=1S/C14H17NO4/c1-3-4-12(10(2)15(16)17)7-11-5-6-13-14(8-11)19-9-18-13/h3,5-6,8,10,12H,1,4,7,9H2,2H3. The topological polar surface area (TPSA) is 61.6 Å². The monoisotopic (exact) mass is 263 g/mol. The summed E-state index contributed by atoms with van der Waals surface area (Å²) in [7, 11) is 0. The van der Waals surface area contributed by atoms with Gasteiger partial charge in [0.15, 0.2) is 11.5 Å². The Morgan fingerprint density at radius 1 is 1.47 bits per heavy atom. The third-order valence-corrected chi connectivity index (χ3v) is 3.42. The van der Waals surface area contributed by atoms with E-state index in [1.165, 1.54) is 0 Å². The summed E-state index contributed by atoms with van der Waals surface area (Å²) in [5.74, 6) is 1.38. The van der Waals surface area contributed by atoms with Crippen LogP contribution in [-0.4, -0.2) is 17.8 Å². The second-order valence-electron chi connectivity index (χ2n) is 4.70. The molecular formula is C14H17NO4. The number of nitrogens with zero attached hydrogens (tertiary/aromatic N) is 1. The summed E-state index contributed by atoms with van der Waals surface area (Å²) in [4.78, 5) is 10.7. The summed E-state index contributed by atoms with van der Waals surface area (Å²) in [6, 6.07) is 5.07. The Labute approximate surface area is 112 Å². The van der Waals surface area contributed by atoms with E-state index in [4.69, 9.17) is 9.47 Å². The maximum atomic E-state index is 10.9. The zero-order valence-electron chi connectivity index (χ0n) is 10.9. The fourth-order valence-corrected chi connectivity index (χ4v) is 2.21. The minimum Gasteiger partial charge on any atom is -0.454 e. The van der Waals surface area contributed by atoms with Crippen LogP contribution in [0.25, 0.3) is 0 Å². The molecule has 1 aliphatic rings. The van der Waals surface area contributed by atoms with Crippen LogP contribution in [-0.2, 0) is 6.42 Å². The molecule has 1 heterocycles. The smallest absolute Gasteiger partial charge is 0.231 e. The van der Waals surface area contributed by atoms with Crippen molar-refractivity contribution in [1.82, 2.24) is 0 Å². The van der Waals surface area contributed by atoms with Crippen molar-refractivity contribution < 1.29 is 14.4 Å². The fourth-order valence-electron chi connectivity index (χ4n) is 2.21. The molecule has 0 N–H and O–H groups in total. The van der Waals surface area contributed by atoms with Crippen LogP contribution in [0.4, 0.5) is 0 Å². The van der Waals surface area contributed by atoms with Crippen molar-refractivity contribution in [2.24, 2.45) is 5.92 Å². The minimum atomic E-state index is -0.594. The summed E-state index contributed by atoms with van der Waals surface area (Å²) in [5, 5.41) is 10.9. The van der Waals surface area contributed by atoms with Gasteiger partial charge in [0.2, 0.25) is 12.8 Å². The molecule has 5 heteroatoms. The molecule has 0 bridgehead atoms. The van der Waals surface area contributed by atoms with Crippen LogP contribution in [0.2, 0.25) is 0 Å². The van der Waals surface area contributed by atoms with Crippen LogP contribution in [0.5, 0.6) is 11.5 Å². The Balaban J connectivity index is 2.12. The van der Waals surface area contributed by atoms with Crippen molar-refractivity contribution >= 4 is 0 Å². The lowest BCUT2D eigenvalue weighted by molar-refractivity contribution is -0.527. The third-order valence-electron chi connectivity index (χ3n) is 3.42. The van der Waals surface area contributed by atoms with E-state index in [2.05, 4.69) is 6.58 Å². The van der Waals surface area contributed by atoms with Gasteiger partial charge in [0.1, 0.15) is 0 Å². The first-order valence-electron chi connectivity index (χ1n) is 6.24. The summed E-state index contributed by atoms with van der Waals surface area (Å²) in [6.07, 6.45) is 2.99. The van der Waals surface area contributed by atoms with E-state index in [1.54, 1.807) is 13.0 Å². The maximum Gasteiger partial charge on any atom is 0.231 e. The predicted molar refractivity (Wildman–Crippen MR) is 71.0 cm³/mol. The zero-order valence-corrected chi connectivity index (χ0v) is 10.9. The van der Waals surface area contributed by atoms with Gasteiger partial charge < -0.3 is 9.47 Å². The molecule has 1 aromatic carbocycles. The van der Waals surface area contributed by atoms with E-state index in [0.717, 1.165) is 11.3 Å². The van der Waals surface area contributed by atoms with Crippen LogP contribution in [0.1, 0.15) is 18.9 Å². The predicted octanol–water partition coefficient (Wildman–Crippen LogP) is 2.82. The first kappa shape index (κ1) is 13.4. The maximum absolute atomic E-state index is 10.9. The minimum absolute atomic E-state index is 0.0622. The van der Waals surface area contributed by atoms with E-state index < -0.39 is 6.04 Å². The van der Waals surface area contributed by atoms with Gasteiger partial charge in [0.05, 0.1) is 0 Å². The van der Waals surface area contributed by atoms with Gasteiger partial charge in [0, 0.05) is 17.8 Å². The largest absolute Gasteiger partial charge is 0.454 e. The van der Waals surface area contributed by atoms with Gasteiger partial charge in [-0.15, -0.1) is 6.58 Å². The van der Waals surface area contributed by atoms with Crippen molar-refractivity contribution in [2.75, 3.05) is 6.79 Å². The Kier molecular flexibility index (Phi) is 4.04. The zero-order chi connectivity index (χ0) is 13.8. The van der Waals surface area contributed by atoms with Crippen molar-refractivity contribution in [2.45, 2.75) is 25.8 Å². The van der Waals surface area contributed by atoms with Crippen LogP contribution in [0, 0.1) is 16.0 Å². The summed E-state index contributed by atoms with van der Waals surface area (Å²) < 4.78 is 10.6. The lowest BCUT2D eigenvalue weighted by Gasteiger charge is -2.16. The number of nitro groups is 1. The number of ether oxygens (including phenoxy) is 2. The molecule has 0 saturated heterocycles. The first-order valence-corrected chi connectivity index (χ1v) is 6.24. The second kappa shape index (κ2) is 5.73. The average Bonchev–Trinajstić information content (AvgIpc) is 2.84. The summed E-state index contributed by atoms with van der Waals surface area (Å²) >= 11 is 0. The molecule has 2 atom stereocenters. The number of hydrogen-bond acceptors (Lipinski definition) is 4. The van der Waals surface area contributed by atoms with Crippen molar-refractivity contribution in [3.05, 3.63) is 46.5 Å². The number of hydrogen-bond donors (Lipinski definition) is 0. The van der Waals surface area contributed by atoms with Gasteiger partial charge in [-0.3, -0.25) is 10.1 Å². The highest BCUT2D eigenvalue weighted by atomic mass is 16.7. The molecule has 2 rings (SSSR count). The molecule has 0 amide bonds. The average molecular weight is 263 g/mol. The molecule has 0 fully saturated rings. The van der Waals surface area contributed by atoms with E-state index in [0.29, 0.717) is 18.6 Å². The van der Waals surface area contributed by atoms with Gasteiger partial charge >= 0.3 is 0 Å². The highest BCUT2D eigenvalue weighted by Crippen LogP contribution is 2.33. The molecule has 102 valence electrons. The molecule has 2 unspecified atom stereocenters. The Morgan fingerprint density at radius 2 is 2.21 bits per heavy atom. The van der Waals surface area contributed by atoms with Crippen LogP contribution >= 0.6 is 0 Å². The Morgan fingerprint density at radius 3 is 2.89 bits per heavy atom. The van der Waals surface area contributed by atoms with Gasteiger partial charge in [0.25, 0.3) is 0 Å². The number of fused-ring (bicyclic) bond motifs is 1. The first-order chi connectivity index (χ1) is 9.11. The molecule has 0 aromatic heterocycles. The van der Waals surface area contributed by atoms with Gasteiger partial charge in [-0.25, -0.2) is 0 Å². The highest BCUT2D eigenvalue weighted by molar-refractivity contribution is 5.44. The van der Waals surface area contributed by atoms with Gasteiger partial charge in [-0.2, -0.15) is 0 Å². The molecule has 19 heavy (non-hydrogen) atoms. The summed E-state index contributed by atoms with van der Waals surface area (Å²) in [5.41, 5.74) is 1.02. The molecule has 5 nitrogen and oxygen atoms in total. The SMILES string of the molecule is C=CCC(Cc1ccc2c(c1)OCO2)C(C)[N+](=O)[O-]. The second-order valence-corrected chi connectivity index (χ2v) is 4.70. The Hall–Kier alpha value is -2.04. The number of allylic oxidation sites excluding steroid dienone is 1. The quantitative estimate of drug-likeness (QED) is 0.450. The van der Waals surface area contributed by atoms with Crippen LogP contribution < -0.4 is 9.47 Å². The van der Waals surface area contributed by atoms with E-state index in [-0.39, 0.29) is 17.6 Å². The van der Waals surface area contributed by atoms with Gasteiger partial charge in [-0.1, -0.05) is 12.1 Å². The van der Waals surface area contributed by atoms with E-state index in [9.17, 15) is 10.1 Å². The van der Waals surface area contributed by atoms with Crippen LogP contribution in [0.15, 0.2) is 30.9 Å². The lowest BCUT2D eigenvalue weighted by atomic mass is 9.90. The van der Waals surface area contributed by atoms with Crippen molar-refractivity contribution in [1.29, 1.82) is 0 Å². The Bertz CT molecular complexity index is 486. The van der Waals surface area contributed by atoms with E-state index in [1.807, 2.05) is 18.2 Å². The van der Waals surface area contributed by atoms with Crippen LogP contribution in [0.3, 0.4) is 0 Å². The lowest BCUT2D eigenvalue weighted by Crippen LogP contribution is -2.27. The molecule has 0 saturated carbocycles. The number of benzene rings is 1. The number of rotatable bonds is 6. The molecule has 0 radical (unpaired) electrons.